The number of unbranched alkanes of at least 4 members (excludes halogenated alkanes) is 7. The van der Waals surface area contributed by atoms with E-state index >= 15 is 0 Å². The lowest BCUT2D eigenvalue weighted by Crippen LogP contribution is -2.36. The molecule has 1 heterocycles. The minimum Gasteiger partial charge on any atom is -0.332 e. The van der Waals surface area contributed by atoms with Gasteiger partial charge >= 0.3 is 0 Å². The number of hydrogen-bond acceptors (Lipinski definition) is 3. The summed E-state index contributed by atoms with van der Waals surface area (Å²) >= 11 is 0. The van der Waals surface area contributed by atoms with Gasteiger partial charge in [0.2, 0.25) is 15.7 Å². The monoisotopic (exact) mass is 391 g/mol. The van der Waals surface area contributed by atoms with Crippen LogP contribution in [0.5, 0.6) is 0 Å². The Bertz CT molecular complexity index is 763. The molecule has 1 aliphatic rings. The second-order valence-electron chi connectivity index (χ2n) is 7.59. The summed E-state index contributed by atoms with van der Waals surface area (Å²) in [6, 6.07) is 6.83. The fourth-order valence-corrected chi connectivity index (χ4v) is 5.27. The largest absolute Gasteiger partial charge is 0.332 e. The van der Waals surface area contributed by atoms with Crippen LogP contribution in [0.4, 0.5) is 0 Å². The summed E-state index contributed by atoms with van der Waals surface area (Å²) in [6.07, 6.45) is 10.2. The van der Waals surface area contributed by atoms with Gasteiger partial charge in [-0.1, -0.05) is 69.6 Å². The highest BCUT2D eigenvalue weighted by Gasteiger charge is 2.38. The molecule has 0 saturated carbocycles. The van der Waals surface area contributed by atoms with Gasteiger partial charge in [0.15, 0.2) is 5.37 Å². The lowest BCUT2D eigenvalue weighted by molar-refractivity contribution is -0.116. The maximum atomic E-state index is 13.0. The van der Waals surface area contributed by atoms with Crippen molar-refractivity contribution in [2.75, 3.05) is 0 Å². The first-order valence-electron chi connectivity index (χ1n) is 10.2. The molecule has 0 spiro atoms. The first-order chi connectivity index (χ1) is 12.9. The Kier molecular flexibility index (Phi) is 8.08. The fraction of sp³-hybridized carbons (Fsp3) is 0.591. The third kappa shape index (κ3) is 5.68. The van der Waals surface area contributed by atoms with E-state index in [0.717, 1.165) is 24.0 Å². The van der Waals surface area contributed by atoms with Gasteiger partial charge in [0.05, 0.1) is 4.90 Å². The van der Waals surface area contributed by atoms with Gasteiger partial charge in [-0.2, -0.15) is 0 Å². The molecule has 27 heavy (non-hydrogen) atoms. The summed E-state index contributed by atoms with van der Waals surface area (Å²) in [4.78, 5) is 12.4. The molecule has 0 fully saturated rings. The molecular weight excluding hydrogens is 358 g/mol. The number of rotatable bonds is 11. The normalized spacial score (nSPS) is 17.4. The second-order valence-corrected chi connectivity index (χ2v) is 9.62. The molecule has 0 bridgehead atoms. The molecule has 4 nitrogen and oxygen atoms in total. The Hall–Kier alpha value is -1.62. The molecule has 0 radical (unpaired) electrons. The highest BCUT2D eigenvalue weighted by molar-refractivity contribution is 7.92. The topological polar surface area (TPSA) is 63.2 Å². The summed E-state index contributed by atoms with van der Waals surface area (Å²) in [5, 5.41) is 1.76. The predicted molar refractivity (Wildman–Crippen MR) is 110 cm³/mol. The molecule has 1 N–H and O–H groups in total. The molecule has 1 aromatic carbocycles. The molecule has 2 rings (SSSR count). The molecular formula is C22H33NO3S. The van der Waals surface area contributed by atoms with Gasteiger partial charge in [0, 0.05) is 5.57 Å². The number of aryl methyl sites for hydroxylation is 1. The number of carbonyl (C=O) groups excluding carboxylic acids is 1. The van der Waals surface area contributed by atoms with Gasteiger partial charge in [-0.3, -0.25) is 4.79 Å². The van der Waals surface area contributed by atoms with Crippen LogP contribution in [0, 0.1) is 6.92 Å². The Labute approximate surface area is 164 Å². The van der Waals surface area contributed by atoms with E-state index in [4.69, 9.17) is 0 Å². The van der Waals surface area contributed by atoms with E-state index in [2.05, 4.69) is 12.2 Å². The van der Waals surface area contributed by atoms with Crippen LogP contribution in [-0.2, 0) is 14.6 Å². The van der Waals surface area contributed by atoms with E-state index in [1.807, 2.05) is 6.92 Å². The second kappa shape index (κ2) is 10.1. The number of nitrogens with one attached hydrogen (secondary N) is 1. The third-order valence-corrected chi connectivity index (χ3v) is 7.31. The number of sulfone groups is 1. The van der Waals surface area contributed by atoms with Crippen molar-refractivity contribution in [3.63, 3.8) is 0 Å². The zero-order valence-electron chi connectivity index (χ0n) is 16.9. The van der Waals surface area contributed by atoms with Crippen molar-refractivity contribution in [1.29, 1.82) is 0 Å². The van der Waals surface area contributed by atoms with Crippen LogP contribution >= 0.6 is 0 Å². The minimum absolute atomic E-state index is 0.259. The van der Waals surface area contributed by atoms with Gasteiger partial charge in [-0.05, 0) is 44.4 Å². The average molecular weight is 392 g/mol. The van der Waals surface area contributed by atoms with Crippen LogP contribution in [0.15, 0.2) is 40.3 Å². The maximum Gasteiger partial charge on any atom is 0.248 e. The van der Waals surface area contributed by atoms with Crippen LogP contribution in [0.1, 0.15) is 77.2 Å². The molecule has 0 aromatic heterocycles. The number of hydrogen-bond donors (Lipinski definition) is 1. The van der Waals surface area contributed by atoms with Crippen LogP contribution < -0.4 is 5.32 Å². The first-order valence-corrected chi connectivity index (χ1v) is 11.7. The van der Waals surface area contributed by atoms with Gasteiger partial charge in [0.1, 0.15) is 0 Å². The summed E-state index contributed by atoms with van der Waals surface area (Å²) in [7, 11) is -3.62. The zero-order chi connectivity index (χ0) is 19.9. The molecule has 150 valence electrons. The lowest BCUT2D eigenvalue weighted by Gasteiger charge is -2.17. The van der Waals surface area contributed by atoms with E-state index in [1.54, 1.807) is 31.2 Å². The summed E-state index contributed by atoms with van der Waals surface area (Å²) in [6.45, 7) is 5.87. The molecule has 1 atom stereocenters. The Morgan fingerprint density at radius 1 is 0.889 bits per heavy atom. The zero-order valence-corrected chi connectivity index (χ0v) is 17.7. The smallest absolute Gasteiger partial charge is 0.248 e. The molecule has 0 saturated heterocycles. The molecule has 0 aliphatic carbocycles. The Balaban J connectivity index is 1.97. The van der Waals surface area contributed by atoms with Crippen molar-refractivity contribution < 1.29 is 13.2 Å². The molecule has 1 aliphatic heterocycles. The van der Waals surface area contributed by atoms with Gasteiger partial charge in [0.25, 0.3) is 0 Å². The highest BCUT2D eigenvalue weighted by Crippen LogP contribution is 2.30. The van der Waals surface area contributed by atoms with E-state index in [0.29, 0.717) is 12.0 Å². The highest BCUT2D eigenvalue weighted by atomic mass is 32.2. The molecule has 1 unspecified atom stereocenters. The van der Waals surface area contributed by atoms with Crippen molar-refractivity contribution in [1.82, 2.24) is 5.32 Å². The quantitative estimate of drug-likeness (QED) is 0.536. The van der Waals surface area contributed by atoms with Crippen molar-refractivity contribution in [2.45, 2.75) is 88.8 Å². The van der Waals surface area contributed by atoms with Crippen molar-refractivity contribution in [3.05, 3.63) is 41.0 Å². The summed E-state index contributed by atoms with van der Waals surface area (Å²) in [5.74, 6) is -0.259. The number of benzene rings is 1. The minimum atomic E-state index is -3.62. The van der Waals surface area contributed by atoms with E-state index in [9.17, 15) is 13.2 Å². The summed E-state index contributed by atoms with van der Waals surface area (Å²) < 4.78 is 26.1. The Morgan fingerprint density at radius 2 is 1.44 bits per heavy atom. The van der Waals surface area contributed by atoms with E-state index in [-0.39, 0.29) is 10.8 Å². The fourth-order valence-electron chi connectivity index (χ4n) is 3.55. The molecule has 1 amide bonds. The molecule has 1 aromatic rings. The maximum absolute atomic E-state index is 13.0. The third-order valence-electron chi connectivity index (χ3n) is 5.36. The van der Waals surface area contributed by atoms with Gasteiger partial charge in [-0.25, -0.2) is 8.42 Å². The summed E-state index contributed by atoms with van der Waals surface area (Å²) in [5.41, 5.74) is 2.32. The van der Waals surface area contributed by atoms with E-state index in [1.165, 1.54) is 38.5 Å². The van der Waals surface area contributed by atoms with Crippen molar-refractivity contribution >= 4 is 15.7 Å². The van der Waals surface area contributed by atoms with Crippen LogP contribution in [0.2, 0.25) is 0 Å². The van der Waals surface area contributed by atoms with Gasteiger partial charge in [-0.15, -0.1) is 0 Å². The predicted octanol–water partition coefficient (Wildman–Crippen LogP) is 5.07. The Morgan fingerprint density at radius 3 is 2.04 bits per heavy atom. The SMILES string of the molecule is CCCCCCCCCCC1=C(C)C(=O)NC1S(=O)(=O)c1ccc(C)cc1. The average Bonchev–Trinajstić information content (AvgIpc) is 2.93. The first kappa shape index (κ1) is 21.7. The number of amides is 1. The van der Waals surface area contributed by atoms with Crippen LogP contribution in [0.25, 0.3) is 0 Å². The van der Waals surface area contributed by atoms with E-state index < -0.39 is 15.2 Å². The van der Waals surface area contributed by atoms with Crippen LogP contribution in [0.3, 0.4) is 0 Å². The number of carbonyl (C=O) groups is 1. The van der Waals surface area contributed by atoms with Crippen LogP contribution in [-0.4, -0.2) is 19.7 Å². The lowest BCUT2D eigenvalue weighted by atomic mass is 10.0. The molecule has 5 heteroatoms. The van der Waals surface area contributed by atoms with Gasteiger partial charge < -0.3 is 5.32 Å². The van der Waals surface area contributed by atoms with Crippen molar-refractivity contribution in [3.8, 4) is 0 Å². The standard InChI is InChI=1S/C22H33NO3S/c1-4-5-6-7-8-9-10-11-12-20-18(3)21(24)23-22(20)27(25,26)19-15-13-17(2)14-16-19/h13-16,22H,4-12H2,1-3H3,(H,23,24). The van der Waals surface area contributed by atoms with Crippen molar-refractivity contribution in [2.24, 2.45) is 0 Å².